The summed E-state index contributed by atoms with van der Waals surface area (Å²) in [7, 11) is -3.82. The minimum absolute atomic E-state index is 0.0410. The lowest BCUT2D eigenvalue weighted by Gasteiger charge is -2.33. The zero-order valence-corrected chi connectivity index (χ0v) is 18.2. The number of rotatable bonds is 5. The predicted molar refractivity (Wildman–Crippen MR) is 121 cm³/mol. The number of sulfonamides is 1. The van der Waals surface area contributed by atoms with Crippen LogP contribution in [0.25, 0.3) is 10.8 Å². The molecule has 0 atom stereocenters. The Hall–Kier alpha value is -2.94. The van der Waals surface area contributed by atoms with Gasteiger partial charge in [-0.3, -0.25) is 10.2 Å². The van der Waals surface area contributed by atoms with Crippen molar-refractivity contribution in [3.63, 3.8) is 0 Å². The van der Waals surface area contributed by atoms with Crippen LogP contribution in [0, 0.1) is 5.41 Å². The standard InChI is InChI=1S/C22H21ClN4O3S/c23-20-6-2-4-16-12-18(7-8-19(16)20)31(29,30)27-10-9-26(21(28)14-27)13-15-3-1-5-17(11-15)22(24)25/h1-8,11-12H,9-10,13-14H2,(H3,24,25). The van der Waals surface area contributed by atoms with Crippen LogP contribution in [0.3, 0.4) is 0 Å². The molecule has 0 aliphatic carbocycles. The third kappa shape index (κ3) is 4.27. The number of piperazine rings is 1. The van der Waals surface area contributed by atoms with E-state index in [4.69, 9.17) is 22.7 Å². The number of nitrogens with zero attached hydrogens (tertiary/aromatic N) is 2. The first-order valence-corrected chi connectivity index (χ1v) is 11.5. The molecule has 0 spiro atoms. The summed E-state index contributed by atoms with van der Waals surface area (Å²) in [6, 6.07) is 17.2. The van der Waals surface area contributed by atoms with Gasteiger partial charge in [0.25, 0.3) is 0 Å². The van der Waals surface area contributed by atoms with Crippen molar-refractivity contribution < 1.29 is 13.2 Å². The molecule has 0 aromatic heterocycles. The maximum atomic E-state index is 13.1. The van der Waals surface area contributed by atoms with Crippen molar-refractivity contribution in [2.24, 2.45) is 5.73 Å². The van der Waals surface area contributed by atoms with Crippen molar-refractivity contribution in [1.29, 1.82) is 5.41 Å². The zero-order chi connectivity index (χ0) is 22.2. The van der Waals surface area contributed by atoms with E-state index in [0.717, 1.165) is 16.3 Å². The molecule has 4 rings (SSSR count). The molecule has 3 aromatic rings. The molecule has 1 aliphatic rings. The van der Waals surface area contributed by atoms with Crippen molar-refractivity contribution in [2.75, 3.05) is 19.6 Å². The van der Waals surface area contributed by atoms with Gasteiger partial charge in [0.2, 0.25) is 15.9 Å². The molecular weight excluding hydrogens is 436 g/mol. The van der Waals surface area contributed by atoms with Crippen LogP contribution in [0.5, 0.6) is 0 Å². The summed E-state index contributed by atoms with van der Waals surface area (Å²) in [4.78, 5) is 14.5. The molecule has 3 aromatic carbocycles. The van der Waals surface area contributed by atoms with Gasteiger partial charge in [-0.1, -0.05) is 48.0 Å². The van der Waals surface area contributed by atoms with E-state index in [9.17, 15) is 13.2 Å². The van der Waals surface area contributed by atoms with Crippen LogP contribution in [-0.2, 0) is 21.4 Å². The topological polar surface area (TPSA) is 108 Å². The minimum Gasteiger partial charge on any atom is -0.384 e. The first kappa shape index (κ1) is 21.3. The van der Waals surface area contributed by atoms with Crippen molar-refractivity contribution in [2.45, 2.75) is 11.4 Å². The Morgan fingerprint density at radius 3 is 2.58 bits per heavy atom. The van der Waals surface area contributed by atoms with Gasteiger partial charge < -0.3 is 10.6 Å². The van der Waals surface area contributed by atoms with Crippen molar-refractivity contribution >= 4 is 44.1 Å². The number of amides is 1. The summed E-state index contributed by atoms with van der Waals surface area (Å²) in [6.45, 7) is 0.598. The summed E-state index contributed by atoms with van der Waals surface area (Å²) < 4.78 is 27.5. The monoisotopic (exact) mass is 456 g/mol. The normalized spacial score (nSPS) is 15.4. The van der Waals surface area contributed by atoms with E-state index in [1.165, 1.54) is 10.4 Å². The Bertz CT molecular complexity index is 1290. The number of hydrogen-bond donors (Lipinski definition) is 2. The van der Waals surface area contributed by atoms with Crippen LogP contribution in [0.4, 0.5) is 0 Å². The second-order valence-corrected chi connectivity index (χ2v) is 9.74. The van der Waals surface area contributed by atoms with Gasteiger partial charge in [0.15, 0.2) is 0 Å². The van der Waals surface area contributed by atoms with E-state index in [-0.39, 0.29) is 36.3 Å². The van der Waals surface area contributed by atoms with Gasteiger partial charge >= 0.3 is 0 Å². The molecule has 1 fully saturated rings. The molecule has 1 amide bonds. The fourth-order valence-corrected chi connectivity index (χ4v) is 5.31. The van der Waals surface area contributed by atoms with Gasteiger partial charge in [0.05, 0.1) is 11.4 Å². The number of nitrogens with two attached hydrogens (primary N) is 1. The molecule has 1 heterocycles. The summed E-state index contributed by atoms with van der Waals surface area (Å²) in [5, 5.41) is 9.60. The molecule has 7 nitrogen and oxygen atoms in total. The Morgan fingerprint density at radius 1 is 1.06 bits per heavy atom. The number of hydrogen-bond acceptors (Lipinski definition) is 4. The molecule has 160 valence electrons. The van der Waals surface area contributed by atoms with Crippen LogP contribution in [0.1, 0.15) is 11.1 Å². The average molecular weight is 457 g/mol. The second-order valence-electron chi connectivity index (χ2n) is 7.39. The van der Waals surface area contributed by atoms with E-state index in [1.54, 1.807) is 53.4 Å². The van der Waals surface area contributed by atoms with E-state index >= 15 is 0 Å². The van der Waals surface area contributed by atoms with Crippen LogP contribution < -0.4 is 5.73 Å². The smallest absolute Gasteiger partial charge is 0.243 e. The van der Waals surface area contributed by atoms with Gasteiger partial charge in [0, 0.05) is 35.6 Å². The lowest BCUT2D eigenvalue weighted by atomic mass is 10.1. The molecule has 0 unspecified atom stereocenters. The Morgan fingerprint density at radius 2 is 1.84 bits per heavy atom. The SMILES string of the molecule is N=C(N)c1cccc(CN2CCN(S(=O)(=O)c3ccc4c(Cl)cccc4c3)CC2=O)c1. The van der Waals surface area contributed by atoms with Crippen molar-refractivity contribution in [1.82, 2.24) is 9.21 Å². The Labute approximate surface area is 185 Å². The van der Waals surface area contributed by atoms with Crippen LogP contribution in [0.2, 0.25) is 5.02 Å². The van der Waals surface area contributed by atoms with Gasteiger partial charge in [-0.25, -0.2) is 8.42 Å². The molecule has 1 aliphatic heterocycles. The highest BCUT2D eigenvalue weighted by Gasteiger charge is 2.33. The van der Waals surface area contributed by atoms with Gasteiger partial charge in [0.1, 0.15) is 5.84 Å². The highest BCUT2D eigenvalue weighted by Crippen LogP contribution is 2.27. The van der Waals surface area contributed by atoms with Gasteiger partial charge in [-0.05, 0) is 35.2 Å². The number of fused-ring (bicyclic) bond motifs is 1. The Kier molecular flexibility index (Phi) is 5.70. The number of carbonyl (C=O) groups is 1. The molecule has 0 bridgehead atoms. The Balaban J connectivity index is 1.51. The summed E-state index contributed by atoms with van der Waals surface area (Å²) in [5.41, 5.74) is 6.95. The maximum Gasteiger partial charge on any atom is 0.243 e. The quantitative estimate of drug-likeness (QED) is 0.454. The van der Waals surface area contributed by atoms with Gasteiger partial charge in [-0.15, -0.1) is 0 Å². The maximum absolute atomic E-state index is 13.1. The van der Waals surface area contributed by atoms with E-state index in [0.29, 0.717) is 17.1 Å². The highest BCUT2D eigenvalue weighted by molar-refractivity contribution is 7.89. The fraction of sp³-hybridized carbons (Fsp3) is 0.182. The summed E-state index contributed by atoms with van der Waals surface area (Å²) in [5.74, 6) is -0.312. The average Bonchev–Trinajstić information content (AvgIpc) is 2.75. The highest BCUT2D eigenvalue weighted by atomic mass is 35.5. The predicted octanol–water partition coefficient (Wildman–Crippen LogP) is 2.81. The molecule has 1 saturated heterocycles. The third-order valence-electron chi connectivity index (χ3n) is 5.33. The van der Waals surface area contributed by atoms with E-state index in [2.05, 4.69) is 0 Å². The van der Waals surface area contributed by atoms with Gasteiger partial charge in [-0.2, -0.15) is 4.31 Å². The summed E-state index contributed by atoms with van der Waals surface area (Å²) in [6.07, 6.45) is 0. The number of carbonyl (C=O) groups excluding carboxylic acids is 1. The minimum atomic E-state index is -3.82. The lowest BCUT2D eigenvalue weighted by Crippen LogP contribution is -2.51. The fourth-order valence-electron chi connectivity index (χ4n) is 3.65. The third-order valence-corrected chi connectivity index (χ3v) is 7.50. The second kappa shape index (κ2) is 8.30. The summed E-state index contributed by atoms with van der Waals surface area (Å²) >= 11 is 6.17. The lowest BCUT2D eigenvalue weighted by molar-refractivity contribution is -0.134. The van der Waals surface area contributed by atoms with Crippen LogP contribution in [-0.4, -0.2) is 49.0 Å². The van der Waals surface area contributed by atoms with E-state index < -0.39 is 10.0 Å². The first-order chi connectivity index (χ1) is 14.8. The molecular formula is C22H21ClN4O3S. The first-order valence-electron chi connectivity index (χ1n) is 9.65. The molecule has 3 N–H and O–H groups in total. The zero-order valence-electron chi connectivity index (χ0n) is 16.6. The molecule has 31 heavy (non-hydrogen) atoms. The number of halogens is 1. The number of amidine groups is 1. The molecule has 0 saturated carbocycles. The number of nitrogens with one attached hydrogen (secondary N) is 1. The molecule has 9 heteroatoms. The molecule has 0 radical (unpaired) electrons. The van der Waals surface area contributed by atoms with Crippen molar-refractivity contribution in [3.05, 3.63) is 76.8 Å². The number of nitrogen functional groups attached to an aromatic ring is 1. The number of benzene rings is 3. The van der Waals surface area contributed by atoms with Crippen molar-refractivity contribution in [3.8, 4) is 0 Å². The van der Waals surface area contributed by atoms with Crippen LogP contribution >= 0.6 is 11.6 Å². The van der Waals surface area contributed by atoms with E-state index in [1.807, 2.05) is 6.07 Å². The largest absolute Gasteiger partial charge is 0.384 e. The van der Waals surface area contributed by atoms with Crippen LogP contribution in [0.15, 0.2) is 65.6 Å².